The summed E-state index contributed by atoms with van der Waals surface area (Å²) in [5.74, 6) is 0.255. The van der Waals surface area contributed by atoms with Gasteiger partial charge < -0.3 is 5.32 Å². The SMILES string of the molecule is CCC(CSC)Nc1ccc(F)cc1[N+](=O)[O-]. The molecule has 0 saturated heterocycles. The molecule has 0 bridgehead atoms. The number of thioether (sulfide) groups is 1. The minimum Gasteiger partial charge on any atom is -0.376 e. The molecule has 1 aromatic rings. The maximum absolute atomic E-state index is 12.9. The van der Waals surface area contributed by atoms with Gasteiger partial charge in [0.1, 0.15) is 11.5 Å². The molecule has 17 heavy (non-hydrogen) atoms. The Morgan fingerprint density at radius 3 is 2.82 bits per heavy atom. The number of hydrogen-bond donors (Lipinski definition) is 1. The van der Waals surface area contributed by atoms with Crippen LogP contribution in [0.5, 0.6) is 0 Å². The van der Waals surface area contributed by atoms with Crippen LogP contribution in [0.2, 0.25) is 0 Å². The standard InChI is InChI=1S/C11H15FN2O2S/c1-3-9(7-17-2)13-10-5-4-8(12)6-11(10)14(15)16/h4-6,9,13H,3,7H2,1-2H3. The number of halogens is 1. The number of benzene rings is 1. The average Bonchev–Trinajstić information content (AvgIpc) is 2.30. The fourth-order valence-corrected chi connectivity index (χ4v) is 2.18. The van der Waals surface area contributed by atoms with Crippen molar-refractivity contribution in [1.29, 1.82) is 0 Å². The highest BCUT2D eigenvalue weighted by molar-refractivity contribution is 7.98. The van der Waals surface area contributed by atoms with E-state index in [0.29, 0.717) is 5.69 Å². The molecule has 0 amide bonds. The van der Waals surface area contributed by atoms with E-state index in [-0.39, 0.29) is 11.7 Å². The van der Waals surface area contributed by atoms with Crippen LogP contribution >= 0.6 is 11.8 Å². The number of nitro benzene ring substituents is 1. The van der Waals surface area contributed by atoms with Gasteiger partial charge in [0.05, 0.1) is 11.0 Å². The van der Waals surface area contributed by atoms with Gasteiger partial charge in [0.25, 0.3) is 5.69 Å². The highest BCUT2D eigenvalue weighted by atomic mass is 32.2. The highest BCUT2D eigenvalue weighted by Gasteiger charge is 2.17. The van der Waals surface area contributed by atoms with Crippen LogP contribution in [0.25, 0.3) is 0 Å². The van der Waals surface area contributed by atoms with E-state index >= 15 is 0 Å². The van der Waals surface area contributed by atoms with Gasteiger partial charge in [-0.15, -0.1) is 0 Å². The molecule has 0 radical (unpaired) electrons. The molecule has 4 nitrogen and oxygen atoms in total. The van der Waals surface area contributed by atoms with Crippen LogP contribution in [0, 0.1) is 15.9 Å². The van der Waals surface area contributed by atoms with E-state index in [1.807, 2.05) is 13.2 Å². The molecular weight excluding hydrogens is 243 g/mol. The molecule has 0 aliphatic heterocycles. The van der Waals surface area contributed by atoms with Gasteiger partial charge in [0, 0.05) is 11.8 Å². The van der Waals surface area contributed by atoms with Crippen LogP contribution in [-0.4, -0.2) is 23.0 Å². The summed E-state index contributed by atoms with van der Waals surface area (Å²) in [4.78, 5) is 10.2. The molecule has 0 saturated carbocycles. The maximum Gasteiger partial charge on any atom is 0.295 e. The summed E-state index contributed by atoms with van der Waals surface area (Å²) in [6, 6.07) is 3.72. The van der Waals surface area contributed by atoms with E-state index in [4.69, 9.17) is 0 Å². The number of anilines is 1. The molecule has 1 aromatic carbocycles. The van der Waals surface area contributed by atoms with Crippen molar-refractivity contribution < 1.29 is 9.31 Å². The second kappa shape index (κ2) is 6.44. The molecule has 1 rings (SSSR count). The normalized spacial score (nSPS) is 12.2. The molecule has 0 heterocycles. The molecule has 6 heteroatoms. The Morgan fingerprint density at radius 2 is 2.29 bits per heavy atom. The number of rotatable bonds is 6. The van der Waals surface area contributed by atoms with Crippen LogP contribution in [0.15, 0.2) is 18.2 Å². The molecule has 94 valence electrons. The van der Waals surface area contributed by atoms with Crippen molar-refractivity contribution in [1.82, 2.24) is 0 Å². The minimum atomic E-state index is -0.597. The van der Waals surface area contributed by atoms with Crippen LogP contribution in [0.1, 0.15) is 13.3 Å². The number of nitrogens with one attached hydrogen (secondary N) is 1. The zero-order chi connectivity index (χ0) is 12.8. The maximum atomic E-state index is 12.9. The van der Waals surface area contributed by atoms with Crippen molar-refractivity contribution in [3.05, 3.63) is 34.1 Å². The Morgan fingerprint density at radius 1 is 1.59 bits per heavy atom. The lowest BCUT2D eigenvalue weighted by Gasteiger charge is -2.16. The quantitative estimate of drug-likeness (QED) is 0.628. The summed E-state index contributed by atoms with van der Waals surface area (Å²) >= 11 is 1.66. The Labute approximate surface area is 104 Å². The Bertz CT molecular complexity index is 401. The summed E-state index contributed by atoms with van der Waals surface area (Å²) in [7, 11) is 0. The fraction of sp³-hybridized carbons (Fsp3) is 0.455. The third-order valence-corrected chi connectivity index (χ3v) is 3.11. The number of nitro groups is 1. The number of nitrogens with zero attached hydrogens (tertiary/aromatic N) is 1. The van der Waals surface area contributed by atoms with Crippen LogP contribution < -0.4 is 5.32 Å². The van der Waals surface area contributed by atoms with Gasteiger partial charge in [-0.25, -0.2) is 4.39 Å². The van der Waals surface area contributed by atoms with Crippen LogP contribution in [0.3, 0.4) is 0 Å². The van der Waals surface area contributed by atoms with Gasteiger partial charge in [-0.2, -0.15) is 11.8 Å². The first-order valence-electron chi connectivity index (χ1n) is 5.27. The van der Waals surface area contributed by atoms with E-state index in [1.54, 1.807) is 11.8 Å². The smallest absolute Gasteiger partial charge is 0.295 e. The first kappa shape index (κ1) is 13.8. The average molecular weight is 258 g/mol. The van der Waals surface area contributed by atoms with Crippen molar-refractivity contribution in [3.8, 4) is 0 Å². The molecular formula is C11H15FN2O2S. The van der Waals surface area contributed by atoms with Crippen molar-refractivity contribution in [2.75, 3.05) is 17.3 Å². The monoisotopic (exact) mass is 258 g/mol. The third kappa shape index (κ3) is 3.89. The summed E-state index contributed by atoms with van der Waals surface area (Å²) in [5, 5.41) is 13.9. The highest BCUT2D eigenvalue weighted by Crippen LogP contribution is 2.26. The van der Waals surface area contributed by atoms with E-state index in [2.05, 4.69) is 5.32 Å². The fourth-order valence-electron chi connectivity index (χ4n) is 1.46. The second-order valence-corrected chi connectivity index (χ2v) is 4.53. The molecule has 0 aromatic heterocycles. The van der Waals surface area contributed by atoms with Gasteiger partial charge in [0.15, 0.2) is 0 Å². The van der Waals surface area contributed by atoms with E-state index < -0.39 is 10.7 Å². The Balaban J connectivity index is 2.92. The van der Waals surface area contributed by atoms with Crippen molar-refractivity contribution in [2.45, 2.75) is 19.4 Å². The zero-order valence-electron chi connectivity index (χ0n) is 9.77. The second-order valence-electron chi connectivity index (χ2n) is 3.62. The van der Waals surface area contributed by atoms with E-state index in [0.717, 1.165) is 18.2 Å². The molecule has 0 aliphatic rings. The topological polar surface area (TPSA) is 55.2 Å². The van der Waals surface area contributed by atoms with Gasteiger partial charge in [-0.05, 0) is 24.8 Å². The molecule has 0 spiro atoms. The molecule has 1 N–H and O–H groups in total. The van der Waals surface area contributed by atoms with Gasteiger partial charge >= 0.3 is 0 Å². The molecule has 0 aliphatic carbocycles. The zero-order valence-corrected chi connectivity index (χ0v) is 10.6. The van der Waals surface area contributed by atoms with Crippen LogP contribution in [0.4, 0.5) is 15.8 Å². The lowest BCUT2D eigenvalue weighted by molar-refractivity contribution is -0.384. The predicted octanol–water partition coefficient (Wildman–Crippen LogP) is 3.29. The number of hydrogen-bond acceptors (Lipinski definition) is 4. The van der Waals surface area contributed by atoms with E-state index in [9.17, 15) is 14.5 Å². The summed E-state index contributed by atoms with van der Waals surface area (Å²) in [5.41, 5.74) is 0.154. The summed E-state index contributed by atoms with van der Waals surface area (Å²) < 4.78 is 12.9. The van der Waals surface area contributed by atoms with Gasteiger partial charge in [-0.3, -0.25) is 10.1 Å². The molecule has 1 atom stereocenters. The summed E-state index contributed by atoms with van der Waals surface area (Å²) in [6.45, 7) is 2.00. The minimum absolute atomic E-state index is 0.147. The lowest BCUT2D eigenvalue weighted by Crippen LogP contribution is -2.21. The van der Waals surface area contributed by atoms with Gasteiger partial charge in [-0.1, -0.05) is 6.92 Å². The van der Waals surface area contributed by atoms with E-state index in [1.165, 1.54) is 12.1 Å². The van der Waals surface area contributed by atoms with Crippen LogP contribution in [-0.2, 0) is 0 Å². The Hall–Kier alpha value is -1.30. The third-order valence-electron chi connectivity index (χ3n) is 2.38. The molecule has 1 unspecified atom stereocenters. The first-order valence-corrected chi connectivity index (χ1v) is 6.67. The van der Waals surface area contributed by atoms with Crippen molar-refractivity contribution >= 4 is 23.1 Å². The summed E-state index contributed by atoms with van der Waals surface area (Å²) in [6.07, 6.45) is 2.83. The van der Waals surface area contributed by atoms with Gasteiger partial charge in [0.2, 0.25) is 0 Å². The first-order chi connectivity index (χ1) is 8.08. The predicted molar refractivity (Wildman–Crippen MR) is 69.1 cm³/mol. The lowest BCUT2D eigenvalue weighted by atomic mass is 10.2. The Kier molecular flexibility index (Phi) is 5.21. The molecule has 0 fully saturated rings. The van der Waals surface area contributed by atoms with Crippen molar-refractivity contribution in [2.24, 2.45) is 0 Å². The largest absolute Gasteiger partial charge is 0.376 e. The van der Waals surface area contributed by atoms with Crippen molar-refractivity contribution in [3.63, 3.8) is 0 Å².